The topological polar surface area (TPSA) is 92.3 Å². The van der Waals surface area contributed by atoms with Crippen molar-refractivity contribution in [3.05, 3.63) is 96.7 Å². The van der Waals surface area contributed by atoms with E-state index in [4.69, 9.17) is 5.73 Å². The third-order valence-corrected chi connectivity index (χ3v) is 4.46. The molecular weight excluding hydrogens is 405 g/mol. The molecule has 0 aliphatic rings. The molecule has 0 fully saturated rings. The lowest BCUT2D eigenvalue weighted by Crippen LogP contribution is -2.13. The van der Waals surface area contributed by atoms with Crippen LogP contribution >= 0.6 is 0 Å². The Bertz CT molecular complexity index is 1120. The lowest BCUT2D eigenvalue weighted by atomic mass is 10.3. The van der Waals surface area contributed by atoms with Gasteiger partial charge < -0.3 is 16.0 Å². The summed E-state index contributed by atoms with van der Waals surface area (Å²) in [5, 5.41) is 3.21. The Morgan fingerprint density at radius 2 is 1.78 bits per heavy atom. The van der Waals surface area contributed by atoms with Crippen molar-refractivity contribution in [2.24, 2.45) is 4.99 Å². The maximum absolute atomic E-state index is 12.2. The number of aromatic nitrogens is 3. The molecule has 3 N–H and O–H groups in total. The highest BCUT2D eigenvalue weighted by atomic mass is 19.1. The van der Waals surface area contributed by atoms with E-state index in [1.54, 1.807) is 24.5 Å². The summed E-state index contributed by atoms with van der Waals surface area (Å²) < 4.78 is 12.2. The fourth-order valence-electron chi connectivity index (χ4n) is 2.74. The number of benzene rings is 2. The van der Waals surface area contributed by atoms with Crippen molar-refractivity contribution in [1.82, 2.24) is 15.0 Å². The summed E-state index contributed by atoms with van der Waals surface area (Å²) in [6.07, 6.45) is 5.22. The first-order valence-corrected chi connectivity index (χ1v) is 9.84. The molecule has 0 spiro atoms. The smallest absolute Gasteiger partial charge is 0.225 e. The van der Waals surface area contributed by atoms with Crippen LogP contribution in [-0.2, 0) is 6.54 Å². The summed E-state index contributed by atoms with van der Waals surface area (Å²) in [6.45, 7) is 4.21. The zero-order valence-electron chi connectivity index (χ0n) is 17.7. The average Bonchev–Trinajstić information content (AvgIpc) is 2.85. The first kappa shape index (κ1) is 22.4. The van der Waals surface area contributed by atoms with Crippen LogP contribution in [0, 0.1) is 5.82 Å². The van der Waals surface area contributed by atoms with E-state index in [-0.39, 0.29) is 11.5 Å². The molecule has 2 heterocycles. The van der Waals surface area contributed by atoms with Gasteiger partial charge in [0.2, 0.25) is 5.95 Å². The Morgan fingerprint density at radius 3 is 2.41 bits per heavy atom. The van der Waals surface area contributed by atoms with Gasteiger partial charge in [-0.1, -0.05) is 36.4 Å². The minimum absolute atomic E-state index is 0.201. The average molecular weight is 430 g/mol. The third-order valence-electron chi connectivity index (χ3n) is 4.46. The maximum atomic E-state index is 12.2. The summed E-state index contributed by atoms with van der Waals surface area (Å²) >= 11 is 0. The highest BCUT2D eigenvalue weighted by molar-refractivity contribution is 5.71. The van der Waals surface area contributed by atoms with Crippen LogP contribution in [-0.4, -0.2) is 28.7 Å². The van der Waals surface area contributed by atoms with E-state index >= 15 is 0 Å². The number of hydrogen-bond acceptors (Lipinski definition) is 7. The monoisotopic (exact) mass is 429 g/mol. The van der Waals surface area contributed by atoms with E-state index in [0.29, 0.717) is 24.0 Å². The molecule has 0 saturated carbocycles. The molecule has 4 aromatic rings. The van der Waals surface area contributed by atoms with E-state index in [0.717, 1.165) is 11.3 Å². The molecule has 7 nitrogen and oxygen atoms in total. The molecule has 2 aromatic heterocycles. The Hall–Kier alpha value is -4.33. The predicted octanol–water partition coefficient (Wildman–Crippen LogP) is 4.99. The molecule has 0 unspecified atom stereocenters. The van der Waals surface area contributed by atoms with Gasteiger partial charge in [0.15, 0.2) is 5.82 Å². The van der Waals surface area contributed by atoms with Gasteiger partial charge in [0, 0.05) is 31.7 Å². The number of pyridine rings is 1. The van der Waals surface area contributed by atoms with Crippen LogP contribution in [0.2, 0.25) is 0 Å². The van der Waals surface area contributed by atoms with Crippen molar-refractivity contribution in [3.8, 4) is 0 Å². The van der Waals surface area contributed by atoms with Crippen molar-refractivity contribution in [3.63, 3.8) is 0 Å². The van der Waals surface area contributed by atoms with Gasteiger partial charge in [-0.05, 0) is 42.6 Å². The highest BCUT2D eigenvalue weighted by Gasteiger charge is 2.12. The van der Waals surface area contributed by atoms with Crippen LogP contribution in [0.3, 0.4) is 0 Å². The number of anilines is 4. The Labute approximate surface area is 186 Å². The van der Waals surface area contributed by atoms with E-state index in [1.165, 1.54) is 12.1 Å². The van der Waals surface area contributed by atoms with Crippen LogP contribution in [0.1, 0.15) is 5.56 Å². The Balaban J connectivity index is 0.000000305. The Morgan fingerprint density at radius 1 is 1.03 bits per heavy atom. The molecule has 32 heavy (non-hydrogen) atoms. The number of aliphatic imine (C=N–C) groups is 1. The molecule has 4 rings (SSSR count). The molecule has 8 heteroatoms. The van der Waals surface area contributed by atoms with E-state index in [1.807, 2.05) is 60.6 Å². The largest absolute Gasteiger partial charge is 0.396 e. The number of nitrogens with zero attached hydrogens (tertiary/aromatic N) is 5. The molecule has 0 aliphatic heterocycles. The van der Waals surface area contributed by atoms with Crippen molar-refractivity contribution in [1.29, 1.82) is 0 Å². The number of rotatable bonds is 6. The quantitative estimate of drug-likeness (QED) is 0.331. The summed E-state index contributed by atoms with van der Waals surface area (Å²) in [7, 11) is 1.94. The maximum Gasteiger partial charge on any atom is 0.225 e. The number of nitrogen functional groups attached to an aromatic ring is 1. The minimum Gasteiger partial charge on any atom is -0.396 e. The predicted molar refractivity (Wildman–Crippen MR) is 128 cm³/mol. The number of hydrogen-bond donors (Lipinski definition) is 2. The normalized spacial score (nSPS) is 9.94. The fourth-order valence-corrected chi connectivity index (χ4v) is 2.74. The summed E-state index contributed by atoms with van der Waals surface area (Å²) in [6, 6.07) is 20.0. The van der Waals surface area contributed by atoms with Crippen molar-refractivity contribution < 1.29 is 4.39 Å². The molecule has 0 aliphatic carbocycles. The third kappa shape index (κ3) is 6.09. The second-order valence-electron chi connectivity index (χ2n) is 6.69. The van der Waals surface area contributed by atoms with Crippen LogP contribution in [0.25, 0.3) is 0 Å². The van der Waals surface area contributed by atoms with Gasteiger partial charge in [0.1, 0.15) is 11.5 Å². The van der Waals surface area contributed by atoms with Gasteiger partial charge in [0.05, 0.1) is 11.9 Å². The first-order valence-electron chi connectivity index (χ1n) is 9.84. The molecule has 0 radical (unpaired) electrons. The van der Waals surface area contributed by atoms with Crippen LogP contribution < -0.4 is 16.0 Å². The second kappa shape index (κ2) is 11.2. The van der Waals surface area contributed by atoms with Crippen LogP contribution in [0.15, 0.2) is 90.3 Å². The summed E-state index contributed by atoms with van der Waals surface area (Å²) in [5.41, 5.74) is 8.05. The summed E-state index contributed by atoms with van der Waals surface area (Å²) in [4.78, 5) is 19.0. The molecule has 2 aromatic carbocycles. The lowest BCUT2D eigenvalue weighted by molar-refractivity contribution is 0.632. The van der Waals surface area contributed by atoms with Gasteiger partial charge in [-0.3, -0.25) is 9.98 Å². The number of para-hydroxylation sites is 2. The molecule has 162 valence electrons. The SMILES string of the molecule is C=Nc1cnc(NCc2cccnc2)nc1N(C)c1ccccc1.Nc1ccccc1F. The Kier molecular flexibility index (Phi) is 7.80. The van der Waals surface area contributed by atoms with E-state index in [9.17, 15) is 4.39 Å². The van der Waals surface area contributed by atoms with Crippen LogP contribution in [0.5, 0.6) is 0 Å². The molecular formula is C24H24FN7. The highest BCUT2D eigenvalue weighted by Crippen LogP contribution is 2.30. The molecule has 0 bridgehead atoms. The summed E-state index contributed by atoms with van der Waals surface area (Å²) in [5.74, 6) is 0.872. The van der Waals surface area contributed by atoms with Crippen molar-refractivity contribution >= 4 is 35.5 Å². The van der Waals surface area contributed by atoms with Crippen LogP contribution in [0.4, 0.5) is 33.2 Å². The van der Waals surface area contributed by atoms with Crippen molar-refractivity contribution in [2.75, 3.05) is 23.0 Å². The number of nitrogens with one attached hydrogen (secondary N) is 1. The lowest BCUT2D eigenvalue weighted by Gasteiger charge is -2.20. The molecule has 0 saturated heterocycles. The number of nitrogens with two attached hydrogens (primary N) is 1. The van der Waals surface area contributed by atoms with Gasteiger partial charge in [-0.25, -0.2) is 9.37 Å². The number of halogens is 1. The van der Waals surface area contributed by atoms with E-state index in [2.05, 4.69) is 32.0 Å². The zero-order valence-corrected chi connectivity index (χ0v) is 17.7. The van der Waals surface area contributed by atoms with E-state index < -0.39 is 0 Å². The minimum atomic E-state index is -0.354. The van der Waals surface area contributed by atoms with Gasteiger partial charge in [0.25, 0.3) is 0 Å². The first-order chi connectivity index (χ1) is 15.6. The van der Waals surface area contributed by atoms with Gasteiger partial charge in [-0.15, -0.1) is 0 Å². The van der Waals surface area contributed by atoms with Crippen molar-refractivity contribution in [2.45, 2.75) is 6.54 Å². The molecule has 0 atom stereocenters. The zero-order chi connectivity index (χ0) is 22.8. The standard InChI is InChI=1S/C18H18N6.C6H6FN/c1-19-16-13-22-18(21-12-14-7-6-10-20-11-14)23-17(16)24(2)15-8-4-3-5-9-15;7-5-3-1-2-4-6(5)8/h3-11,13H,1,12H2,2H3,(H,21,22,23);1-4H,8H2. The van der Waals surface area contributed by atoms with Gasteiger partial charge >= 0.3 is 0 Å². The van der Waals surface area contributed by atoms with Gasteiger partial charge in [-0.2, -0.15) is 4.98 Å². The fraction of sp³-hybridized carbons (Fsp3) is 0.0833. The molecule has 0 amide bonds. The second-order valence-corrected chi connectivity index (χ2v) is 6.69.